The van der Waals surface area contributed by atoms with Gasteiger partial charge in [0.1, 0.15) is 24.5 Å². The van der Waals surface area contributed by atoms with Gasteiger partial charge >= 0.3 is 7.60 Å². The quantitative estimate of drug-likeness (QED) is 0.0318. The number of aromatic nitrogens is 5. The molecule has 4 unspecified atom stereocenters. The van der Waals surface area contributed by atoms with Gasteiger partial charge in [-0.1, -0.05) is 97.8 Å². The largest absolute Gasteiger partial charge is 0.399 e. The molecule has 0 bridgehead atoms. The van der Waals surface area contributed by atoms with Crippen LogP contribution < -0.4 is 17.0 Å². The number of fused-ring (bicyclic) bond motifs is 1. The van der Waals surface area contributed by atoms with Crippen LogP contribution in [0.15, 0.2) is 35.8 Å². The maximum Gasteiger partial charge on any atom is 0.353 e. The van der Waals surface area contributed by atoms with Gasteiger partial charge in [-0.2, -0.15) is 0 Å². The van der Waals surface area contributed by atoms with E-state index in [4.69, 9.17) is 30.2 Å². The average molecular weight is 862 g/mol. The highest BCUT2D eigenvalue weighted by molar-refractivity contribution is 7.56. The van der Waals surface area contributed by atoms with Crippen molar-refractivity contribution in [1.29, 1.82) is 0 Å². The van der Waals surface area contributed by atoms with Crippen molar-refractivity contribution in [1.82, 2.24) is 24.1 Å². The predicted molar refractivity (Wildman–Crippen MR) is 231 cm³/mol. The summed E-state index contributed by atoms with van der Waals surface area (Å²) in [6, 6.07) is 2.81. The fourth-order valence-electron chi connectivity index (χ4n) is 5.79. The van der Waals surface area contributed by atoms with Crippen molar-refractivity contribution in [3.63, 3.8) is 0 Å². The lowest BCUT2D eigenvalue weighted by Gasteiger charge is -2.19. The molecule has 0 saturated carbocycles. The normalized spacial score (nSPS) is 14.5. The van der Waals surface area contributed by atoms with Gasteiger partial charge in [-0.15, -0.1) is 0 Å². The molecule has 3 aromatic rings. The number of anilines is 2. The molecule has 0 fully saturated rings. The minimum Gasteiger partial charge on any atom is -0.399 e. The highest BCUT2D eigenvalue weighted by Crippen LogP contribution is 2.42. The number of aliphatic hydroxyl groups is 1. The first kappa shape index (κ1) is 53.3. The summed E-state index contributed by atoms with van der Waals surface area (Å²) < 4.78 is 47.8. The van der Waals surface area contributed by atoms with Gasteiger partial charge in [-0.05, 0) is 25.8 Å². The van der Waals surface area contributed by atoms with E-state index in [2.05, 4.69) is 21.9 Å². The molecule has 0 amide bonds. The molecule has 3 heterocycles. The minimum atomic E-state index is -3.97. The van der Waals surface area contributed by atoms with E-state index in [0.29, 0.717) is 48.8 Å². The van der Waals surface area contributed by atoms with E-state index in [9.17, 15) is 28.8 Å². The van der Waals surface area contributed by atoms with E-state index in [0.717, 1.165) is 6.42 Å². The first-order valence-electron chi connectivity index (χ1n) is 20.3. The fraction of sp³-hybridized carbons (Fsp3) is 0.744. The summed E-state index contributed by atoms with van der Waals surface area (Å²) in [5.74, 6) is 0.325. The number of imidazole rings is 1. The number of unbranched alkanes of at least 4 members (excludes halogenated alkanes) is 13. The van der Waals surface area contributed by atoms with Crippen molar-refractivity contribution in [2.75, 3.05) is 57.3 Å². The number of pyridine rings is 1. The van der Waals surface area contributed by atoms with Crippen LogP contribution in [-0.4, -0.2) is 97.0 Å². The molecule has 334 valence electrons. The van der Waals surface area contributed by atoms with E-state index < -0.39 is 34.0 Å². The Morgan fingerprint density at radius 3 is 1.98 bits per heavy atom. The van der Waals surface area contributed by atoms with Gasteiger partial charge in [-0.25, -0.2) is 15.0 Å². The van der Waals surface area contributed by atoms with Crippen LogP contribution in [0.5, 0.6) is 0 Å². The first-order valence-corrected chi connectivity index (χ1v) is 24.3. The Labute approximate surface area is 345 Å². The number of nitrogens with zero attached hydrogens (tertiary/aromatic N) is 5. The molecule has 0 aliphatic heterocycles. The van der Waals surface area contributed by atoms with Gasteiger partial charge in [0.15, 0.2) is 11.5 Å². The zero-order chi connectivity index (χ0) is 41.9. The Bertz CT molecular complexity index is 1670. The Morgan fingerprint density at radius 1 is 0.793 bits per heavy atom. The summed E-state index contributed by atoms with van der Waals surface area (Å²) in [5, 5.41) is 9.48. The van der Waals surface area contributed by atoms with E-state index in [1.165, 1.54) is 113 Å². The molecule has 19 heteroatoms. The van der Waals surface area contributed by atoms with Crippen LogP contribution in [0.2, 0.25) is 0 Å². The fourth-order valence-corrected chi connectivity index (χ4v) is 7.21. The summed E-state index contributed by atoms with van der Waals surface area (Å²) in [5.41, 5.74) is 12.4. The zero-order valence-corrected chi connectivity index (χ0v) is 36.1. The zero-order valence-electron chi connectivity index (χ0n) is 34.3. The van der Waals surface area contributed by atoms with E-state index in [1.807, 2.05) is 6.92 Å². The predicted octanol–water partition coefficient (Wildman–Crippen LogP) is 7.16. The summed E-state index contributed by atoms with van der Waals surface area (Å²) in [4.78, 5) is 43.1. The molecule has 0 spiro atoms. The number of hydrogen-bond donors (Lipinski definition) is 5. The topological polar surface area (TPSA) is 249 Å². The molecule has 58 heavy (non-hydrogen) atoms. The monoisotopic (exact) mass is 861 g/mol. The summed E-state index contributed by atoms with van der Waals surface area (Å²) >= 11 is 0. The molecular formula is C39H73N7O10P2. The minimum absolute atomic E-state index is 0. The third kappa shape index (κ3) is 24.4. The molecule has 0 aliphatic carbocycles. The van der Waals surface area contributed by atoms with Crippen LogP contribution in [0.1, 0.15) is 118 Å². The standard InChI is InChI=1S/C28H53N2O7P.C10H16N5O3P.CH4/c1-2-3-4-5-6-7-8-9-10-11-12-13-14-15-19-35-20-16-21-37-38(33,34)25-36-27(24-31)23-30-18-17-26(29)22-28(30)32;1-7(18-6-19(2,16)17)3-15-5-14-8-9(11)12-4-13-10(8)15;/h17-18,22,27,31H,2-16,19-21,23-25,29H2,1H3,(H,33,34);4-5,7H,3,6H2,1-2H3,(H,16,17)(H2,11,12,13);1H4. The molecule has 17 nitrogen and oxygen atoms in total. The molecule has 7 N–H and O–H groups in total. The lowest BCUT2D eigenvalue weighted by Crippen LogP contribution is -2.30. The Hall–Kier alpha value is -2.72. The third-order valence-electron chi connectivity index (χ3n) is 8.95. The van der Waals surface area contributed by atoms with Crippen LogP contribution >= 0.6 is 15.0 Å². The molecule has 4 atom stereocenters. The second-order valence-electron chi connectivity index (χ2n) is 14.6. The Kier molecular flexibility index (Phi) is 27.9. The number of ether oxygens (including phenoxy) is 3. The van der Waals surface area contributed by atoms with E-state index in [-0.39, 0.29) is 38.6 Å². The molecular weight excluding hydrogens is 788 g/mol. The molecule has 0 radical (unpaired) electrons. The van der Waals surface area contributed by atoms with E-state index in [1.54, 1.807) is 17.0 Å². The van der Waals surface area contributed by atoms with Gasteiger partial charge < -0.3 is 54.2 Å². The first-order chi connectivity index (χ1) is 27.2. The molecule has 3 aromatic heterocycles. The van der Waals surface area contributed by atoms with Gasteiger partial charge in [0, 0.05) is 37.8 Å². The van der Waals surface area contributed by atoms with E-state index >= 15 is 0 Å². The average Bonchev–Trinajstić information content (AvgIpc) is 3.57. The van der Waals surface area contributed by atoms with Crippen LogP contribution in [0.4, 0.5) is 11.5 Å². The number of hydrogen-bond acceptors (Lipinski definition) is 13. The molecule has 0 saturated heterocycles. The number of nitrogens with two attached hydrogens (primary N) is 2. The van der Waals surface area contributed by atoms with Crippen LogP contribution in [0.3, 0.4) is 0 Å². The van der Waals surface area contributed by atoms with Gasteiger partial charge in [-0.3, -0.25) is 13.9 Å². The lowest BCUT2D eigenvalue weighted by molar-refractivity contribution is 0.0164. The van der Waals surface area contributed by atoms with Crippen molar-refractivity contribution in [2.24, 2.45) is 0 Å². The maximum atomic E-state index is 12.2. The maximum absolute atomic E-state index is 12.2. The van der Waals surface area contributed by atoms with Crippen LogP contribution in [0.25, 0.3) is 11.2 Å². The molecule has 0 aromatic carbocycles. The van der Waals surface area contributed by atoms with Crippen LogP contribution in [-0.2, 0) is 41.0 Å². The highest BCUT2D eigenvalue weighted by Gasteiger charge is 2.23. The summed E-state index contributed by atoms with van der Waals surface area (Å²) in [6.45, 7) is 6.67. The van der Waals surface area contributed by atoms with Crippen molar-refractivity contribution < 1.29 is 42.8 Å². The van der Waals surface area contributed by atoms with Crippen molar-refractivity contribution in [3.05, 3.63) is 41.3 Å². The number of rotatable bonds is 31. The Morgan fingerprint density at radius 2 is 1.40 bits per heavy atom. The Balaban J connectivity index is 0.000000700. The van der Waals surface area contributed by atoms with Gasteiger partial charge in [0.25, 0.3) is 5.56 Å². The second kappa shape index (κ2) is 30.3. The summed E-state index contributed by atoms with van der Waals surface area (Å²) in [7, 11) is -7.13. The third-order valence-corrected chi connectivity index (χ3v) is 10.6. The lowest BCUT2D eigenvalue weighted by atomic mass is 10.0. The van der Waals surface area contributed by atoms with Gasteiger partial charge in [0.2, 0.25) is 7.37 Å². The molecule has 0 aliphatic rings. The number of aliphatic hydroxyl groups excluding tert-OH is 1. The molecule has 3 rings (SSSR count). The summed E-state index contributed by atoms with van der Waals surface area (Å²) in [6.07, 6.45) is 21.7. The number of nitrogen functional groups attached to an aromatic ring is 2. The highest BCUT2D eigenvalue weighted by atomic mass is 31.2. The SMILES string of the molecule is C.CC(Cn1cnc2c(N)ncnc21)OCP(C)(=O)O.CCCCCCCCCCCCCCCCOCCCOP(=O)(O)COC(CO)Cn1ccc(N)cc1=O. The van der Waals surface area contributed by atoms with Gasteiger partial charge in [0.05, 0.1) is 44.8 Å². The second-order valence-corrected chi connectivity index (χ2v) is 18.7. The van der Waals surface area contributed by atoms with Crippen molar-refractivity contribution >= 4 is 37.6 Å². The van der Waals surface area contributed by atoms with Crippen molar-refractivity contribution in [2.45, 2.75) is 143 Å². The smallest absolute Gasteiger partial charge is 0.353 e. The van der Waals surface area contributed by atoms with Crippen LogP contribution in [0, 0.1) is 0 Å². The van der Waals surface area contributed by atoms with Crippen molar-refractivity contribution in [3.8, 4) is 0 Å².